The zero-order chi connectivity index (χ0) is 20.7. The number of hydrogen-bond donors (Lipinski definition) is 1. The number of likely N-dealkylation sites (tertiary alicyclic amines) is 1. The third-order valence-corrected chi connectivity index (χ3v) is 7.21. The van der Waals surface area contributed by atoms with Gasteiger partial charge in [-0.1, -0.05) is 12.1 Å². The Kier molecular flexibility index (Phi) is 5.44. The van der Waals surface area contributed by atoms with Crippen molar-refractivity contribution in [1.29, 1.82) is 0 Å². The number of fused-ring (bicyclic) bond motifs is 2. The Morgan fingerprint density at radius 3 is 2.77 bits per heavy atom. The molecule has 3 fully saturated rings. The first-order chi connectivity index (χ1) is 14.5. The zero-order valence-electron chi connectivity index (χ0n) is 17.8. The summed E-state index contributed by atoms with van der Waals surface area (Å²) in [5.74, 6) is 2.79. The highest BCUT2D eigenvalue weighted by Crippen LogP contribution is 2.39. The molecule has 30 heavy (non-hydrogen) atoms. The lowest BCUT2D eigenvalue weighted by atomic mass is 9.77. The molecule has 6 nitrogen and oxygen atoms in total. The molecule has 1 saturated heterocycles. The molecular formula is C24H32N2O4. The Morgan fingerprint density at radius 1 is 1.20 bits per heavy atom. The SMILES string of the molecule is CC(=O)N[C@@H]1C[C@@H]2CN(C(=O)Cc3ccc4c(c3)CCO4)C[C@@H]2C[C@H]1OCC1CC1. The van der Waals surface area contributed by atoms with Gasteiger partial charge in [-0.3, -0.25) is 9.59 Å². The second kappa shape index (κ2) is 8.22. The van der Waals surface area contributed by atoms with Gasteiger partial charge in [0.25, 0.3) is 0 Å². The Balaban J connectivity index is 1.21. The van der Waals surface area contributed by atoms with E-state index in [2.05, 4.69) is 11.4 Å². The van der Waals surface area contributed by atoms with Crippen LogP contribution in [0.25, 0.3) is 0 Å². The first kappa shape index (κ1) is 19.9. The lowest BCUT2D eigenvalue weighted by Crippen LogP contribution is -2.50. The number of nitrogens with zero attached hydrogens (tertiary/aromatic N) is 1. The molecule has 0 radical (unpaired) electrons. The van der Waals surface area contributed by atoms with Gasteiger partial charge < -0.3 is 19.7 Å². The van der Waals surface area contributed by atoms with E-state index in [-0.39, 0.29) is 24.0 Å². The number of ether oxygens (including phenoxy) is 2. The standard InChI is InChI=1S/C24H32N2O4/c1-15(27)25-21-10-19-12-26(13-20(19)11-23(21)30-14-16-2-3-16)24(28)9-17-4-5-22-18(8-17)6-7-29-22/h4-5,8,16,19-21,23H,2-3,6-7,9-14H2,1H3,(H,25,27)/t19-,20+,21-,23-/m1/s1. The van der Waals surface area contributed by atoms with E-state index < -0.39 is 0 Å². The molecule has 6 heteroatoms. The maximum absolute atomic E-state index is 13.0. The molecule has 0 aromatic heterocycles. The van der Waals surface area contributed by atoms with Gasteiger partial charge >= 0.3 is 0 Å². The predicted octanol–water partition coefficient (Wildman–Crippen LogP) is 2.33. The fourth-order valence-corrected chi connectivity index (χ4v) is 5.39. The smallest absolute Gasteiger partial charge is 0.227 e. The number of nitrogens with one attached hydrogen (secondary N) is 1. The second-order valence-corrected chi connectivity index (χ2v) is 9.63. The van der Waals surface area contributed by atoms with E-state index in [0.717, 1.165) is 56.9 Å². The second-order valence-electron chi connectivity index (χ2n) is 9.63. The van der Waals surface area contributed by atoms with Crippen molar-refractivity contribution in [3.63, 3.8) is 0 Å². The molecule has 0 unspecified atom stereocenters. The van der Waals surface area contributed by atoms with Crippen molar-refractivity contribution in [2.45, 2.75) is 57.6 Å². The van der Waals surface area contributed by atoms with Crippen molar-refractivity contribution in [3.05, 3.63) is 29.3 Å². The number of benzene rings is 1. The molecule has 2 aliphatic carbocycles. The minimum Gasteiger partial charge on any atom is -0.493 e. The van der Waals surface area contributed by atoms with Crippen molar-refractivity contribution in [3.8, 4) is 5.75 Å². The lowest BCUT2D eigenvalue weighted by Gasteiger charge is -2.38. The fourth-order valence-electron chi connectivity index (χ4n) is 5.39. The van der Waals surface area contributed by atoms with Crippen molar-refractivity contribution in [2.75, 3.05) is 26.3 Å². The minimum atomic E-state index is 0.00462. The number of carbonyl (C=O) groups is 2. The average Bonchev–Trinajstić information content (AvgIpc) is 3.26. The van der Waals surface area contributed by atoms with Gasteiger partial charge in [0.2, 0.25) is 11.8 Å². The highest BCUT2D eigenvalue weighted by Gasteiger charge is 2.44. The molecule has 2 aliphatic heterocycles. The van der Waals surface area contributed by atoms with Crippen LogP contribution in [0.15, 0.2) is 18.2 Å². The highest BCUT2D eigenvalue weighted by atomic mass is 16.5. The van der Waals surface area contributed by atoms with E-state index in [0.29, 0.717) is 24.2 Å². The molecule has 0 bridgehead atoms. The summed E-state index contributed by atoms with van der Waals surface area (Å²) in [6, 6.07) is 6.20. The van der Waals surface area contributed by atoms with Gasteiger partial charge in [0.1, 0.15) is 5.75 Å². The van der Waals surface area contributed by atoms with Crippen LogP contribution in [0.4, 0.5) is 0 Å². The summed E-state index contributed by atoms with van der Waals surface area (Å²) in [7, 11) is 0. The third kappa shape index (κ3) is 4.34. The average molecular weight is 413 g/mol. The molecular weight excluding hydrogens is 380 g/mol. The maximum atomic E-state index is 13.0. The highest BCUT2D eigenvalue weighted by molar-refractivity contribution is 5.79. The van der Waals surface area contributed by atoms with E-state index in [4.69, 9.17) is 9.47 Å². The summed E-state index contributed by atoms with van der Waals surface area (Å²) in [6.07, 6.45) is 5.81. The van der Waals surface area contributed by atoms with Crippen LogP contribution in [-0.4, -0.2) is 55.2 Å². The fraction of sp³-hybridized carbons (Fsp3) is 0.667. The minimum absolute atomic E-state index is 0.00462. The third-order valence-electron chi connectivity index (χ3n) is 7.21. The van der Waals surface area contributed by atoms with E-state index in [9.17, 15) is 9.59 Å². The van der Waals surface area contributed by atoms with Gasteiger partial charge in [0.05, 0.1) is 25.2 Å². The van der Waals surface area contributed by atoms with Gasteiger partial charge in [-0.25, -0.2) is 0 Å². The Bertz CT molecular complexity index is 821. The van der Waals surface area contributed by atoms with Crippen LogP contribution in [0.3, 0.4) is 0 Å². The van der Waals surface area contributed by atoms with E-state index in [1.54, 1.807) is 6.92 Å². The summed E-state index contributed by atoms with van der Waals surface area (Å²) >= 11 is 0. The van der Waals surface area contributed by atoms with Crippen molar-refractivity contribution < 1.29 is 19.1 Å². The first-order valence-electron chi connectivity index (χ1n) is 11.5. The summed E-state index contributed by atoms with van der Waals surface area (Å²) < 4.78 is 11.8. The van der Waals surface area contributed by atoms with Gasteiger partial charge in [-0.15, -0.1) is 0 Å². The molecule has 4 atom stereocenters. The maximum Gasteiger partial charge on any atom is 0.227 e. The molecule has 0 spiro atoms. The lowest BCUT2D eigenvalue weighted by molar-refractivity contribution is -0.129. The molecule has 1 aromatic carbocycles. The topological polar surface area (TPSA) is 67.9 Å². The van der Waals surface area contributed by atoms with Gasteiger partial charge in [0.15, 0.2) is 0 Å². The number of rotatable bonds is 6. The van der Waals surface area contributed by atoms with Crippen LogP contribution in [-0.2, 0) is 27.2 Å². The molecule has 2 heterocycles. The molecule has 5 rings (SSSR count). The van der Waals surface area contributed by atoms with Crippen molar-refractivity contribution in [2.24, 2.45) is 17.8 Å². The van der Waals surface area contributed by atoms with Crippen molar-refractivity contribution in [1.82, 2.24) is 10.2 Å². The Morgan fingerprint density at radius 2 is 2.00 bits per heavy atom. The Labute approximate surface area is 178 Å². The molecule has 162 valence electrons. The van der Waals surface area contributed by atoms with E-state index in [1.165, 1.54) is 18.4 Å². The largest absolute Gasteiger partial charge is 0.493 e. The van der Waals surface area contributed by atoms with E-state index >= 15 is 0 Å². The van der Waals surface area contributed by atoms with Gasteiger partial charge in [-0.05, 0) is 60.6 Å². The molecule has 4 aliphatic rings. The summed E-state index contributed by atoms with van der Waals surface area (Å²) in [5, 5.41) is 3.12. The van der Waals surface area contributed by atoms with Crippen LogP contribution in [0.2, 0.25) is 0 Å². The molecule has 1 aromatic rings. The molecule has 2 saturated carbocycles. The quantitative estimate of drug-likeness (QED) is 0.779. The van der Waals surface area contributed by atoms with Crippen LogP contribution in [0, 0.1) is 17.8 Å². The summed E-state index contributed by atoms with van der Waals surface area (Å²) in [4.78, 5) is 26.8. The summed E-state index contributed by atoms with van der Waals surface area (Å²) in [6.45, 7) is 4.73. The van der Waals surface area contributed by atoms with Gasteiger partial charge in [0, 0.05) is 33.0 Å². The Hall–Kier alpha value is -2.08. The first-order valence-corrected chi connectivity index (χ1v) is 11.5. The molecule has 2 amide bonds. The molecule has 1 N–H and O–H groups in total. The number of amides is 2. The van der Waals surface area contributed by atoms with Crippen LogP contribution >= 0.6 is 0 Å². The van der Waals surface area contributed by atoms with E-state index in [1.807, 2.05) is 17.0 Å². The van der Waals surface area contributed by atoms with Crippen LogP contribution < -0.4 is 10.1 Å². The van der Waals surface area contributed by atoms with Crippen LogP contribution in [0.1, 0.15) is 43.7 Å². The normalized spacial score (nSPS) is 29.8. The summed E-state index contributed by atoms with van der Waals surface area (Å²) in [5.41, 5.74) is 2.28. The predicted molar refractivity (Wildman–Crippen MR) is 112 cm³/mol. The number of hydrogen-bond acceptors (Lipinski definition) is 4. The van der Waals surface area contributed by atoms with Gasteiger partial charge in [-0.2, -0.15) is 0 Å². The van der Waals surface area contributed by atoms with Crippen molar-refractivity contribution >= 4 is 11.8 Å². The monoisotopic (exact) mass is 412 g/mol. The number of carbonyl (C=O) groups excluding carboxylic acids is 2. The van der Waals surface area contributed by atoms with Crippen LogP contribution in [0.5, 0.6) is 5.75 Å². The zero-order valence-corrected chi connectivity index (χ0v) is 17.8.